The predicted octanol–water partition coefficient (Wildman–Crippen LogP) is 4.23. The molecule has 2 amide bonds. The summed E-state index contributed by atoms with van der Waals surface area (Å²) >= 11 is 0. The van der Waals surface area contributed by atoms with Crippen molar-refractivity contribution in [1.29, 1.82) is 0 Å². The summed E-state index contributed by atoms with van der Waals surface area (Å²) < 4.78 is 6.35. The highest BCUT2D eigenvalue weighted by molar-refractivity contribution is 6.00. The summed E-state index contributed by atoms with van der Waals surface area (Å²) in [5.74, 6) is 0.124. The van der Waals surface area contributed by atoms with Gasteiger partial charge in [0.1, 0.15) is 17.0 Å². The summed E-state index contributed by atoms with van der Waals surface area (Å²) in [6, 6.07) is 17.4. The van der Waals surface area contributed by atoms with Gasteiger partial charge in [-0.05, 0) is 105 Å². The SMILES string of the molecule is C=CCn1c(=O)c2cnc(Nc3ccc(N4CCN(CCCCc5ccc6c(c5)n(C)c(=O)n6C5CCC(=O)NC5=O)CC4)cc3)nc2n1-c1ccc2c(n1)[C@@](O)(CC)CC2. The van der Waals surface area contributed by atoms with Gasteiger partial charge in [0.15, 0.2) is 11.5 Å². The molecule has 3 aliphatic rings. The van der Waals surface area contributed by atoms with Crippen LogP contribution < -0.4 is 26.8 Å². The molecule has 1 unspecified atom stereocenters. The van der Waals surface area contributed by atoms with Crippen molar-refractivity contribution in [2.24, 2.45) is 7.05 Å². The molecule has 4 aromatic heterocycles. The number of carbonyl (C=O) groups excluding carboxylic acids is 2. The van der Waals surface area contributed by atoms with Gasteiger partial charge in [0, 0.05) is 57.2 Å². The van der Waals surface area contributed by atoms with Crippen molar-refractivity contribution in [3.05, 3.63) is 111 Å². The molecule has 6 aromatic rings. The number of aromatic nitrogens is 7. The van der Waals surface area contributed by atoms with Crippen molar-refractivity contribution in [2.45, 2.75) is 76.5 Å². The molecule has 1 aliphatic carbocycles. The lowest BCUT2D eigenvalue weighted by molar-refractivity contribution is -0.135. The standard InChI is InChI=1S/C45H51N11O5/c1-4-21-54-42(59)33-28-46-43(50-40(33)56(54)37-17-10-30-19-20-45(61,5-2)39(30)48-37)47-31-11-13-32(14-12-31)53-25-23-52(24-26-53)22-7-6-8-29-9-15-34-36(27-29)51(3)44(60)55(34)35-16-18-38(57)49-41(35)58/h4,9-15,17,27-28,35,61H,1,5-8,16,18-26H2,2-3H3,(H,46,47,50)(H,49,57,58)/t35?,45-/m1/s1. The van der Waals surface area contributed by atoms with Crippen molar-refractivity contribution < 1.29 is 14.7 Å². The molecule has 0 radical (unpaired) electrons. The minimum Gasteiger partial charge on any atom is -0.384 e. The summed E-state index contributed by atoms with van der Waals surface area (Å²) in [7, 11) is 1.73. The molecule has 2 saturated heterocycles. The van der Waals surface area contributed by atoms with Gasteiger partial charge in [-0.2, -0.15) is 4.98 Å². The fourth-order valence-corrected chi connectivity index (χ4v) is 9.19. The second-order valence-corrected chi connectivity index (χ2v) is 16.4. The number of rotatable bonds is 13. The lowest BCUT2D eigenvalue weighted by atomic mass is 9.98. The Morgan fingerprint density at radius 2 is 1.77 bits per heavy atom. The number of allylic oxidation sites excluding steroid dienone is 1. The minimum absolute atomic E-state index is 0.219. The van der Waals surface area contributed by atoms with Crippen LogP contribution in [0.1, 0.15) is 68.3 Å². The third kappa shape index (κ3) is 7.43. The molecule has 3 N–H and O–H groups in total. The molecule has 6 heterocycles. The van der Waals surface area contributed by atoms with Crippen LogP contribution in [-0.4, -0.2) is 88.0 Å². The van der Waals surface area contributed by atoms with Gasteiger partial charge >= 0.3 is 5.69 Å². The zero-order valence-electron chi connectivity index (χ0n) is 34.6. The molecule has 0 bridgehead atoms. The molecule has 16 heteroatoms. The van der Waals surface area contributed by atoms with E-state index in [0.29, 0.717) is 53.3 Å². The van der Waals surface area contributed by atoms with Crippen molar-refractivity contribution in [2.75, 3.05) is 42.9 Å². The maximum Gasteiger partial charge on any atom is 0.329 e. The average Bonchev–Trinajstić information content (AvgIpc) is 3.84. The average molecular weight is 826 g/mol. The van der Waals surface area contributed by atoms with Crippen LogP contribution in [0.25, 0.3) is 27.9 Å². The third-order valence-electron chi connectivity index (χ3n) is 12.7. The number of benzene rings is 2. The number of piperazine rings is 1. The zero-order chi connectivity index (χ0) is 42.4. The number of hydrogen-bond acceptors (Lipinski definition) is 11. The number of pyridine rings is 1. The number of piperidine rings is 1. The van der Waals surface area contributed by atoms with Gasteiger partial charge in [0.05, 0.1) is 23.3 Å². The monoisotopic (exact) mass is 825 g/mol. The Bertz CT molecular complexity index is 2790. The smallest absolute Gasteiger partial charge is 0.329 e. The van der Waals surface area contributed by atoms with E-state index in [4.69, 9.17) is 9.97 Å². The number of hydrogen-bond donors (Lipinski definition) is 3. The van der Waals surface area contributed by atoms with E-state index >= 15 is 0 Å². The Hall–Kier alpha value is -6.39. The van der Waals surface area contributed by atoms with E-state index in [0.717, 1.165) is 86.4 Å². The number of imidazole rings is 1. The fourth-order valence-electron chi connectivity index (χ4n) is 9.19. The van der Waals surface area contributed by atoms with Crippen LogP contribution in [0.2, 0.25) is 0 Å². The van der Waals surface area contributed by atoms with Crippen LogP contribution in [0.3, 0.4) is 0 Å². The zero-order valence-corrected chi connectivity index (χ0v) is 34.6. The molecular formula is C45H51N11O5. The lowest BCUT2D eigenvalue weighted by Gasteiger charge is -2.36. The summed E-state index contributed by atoms with van der Waals surface area (Å²) in [5, 5.41) is 17.3. The number of anilines is 3. The van der Waals surface area contributed by atoms with Crippen LogP contribution in [0.4, 0.5) is 17.3 Å². The van der Waals surface area contributed by atoms with E-state index in [1.54, 1.807) is 33.3 Å². The number of amides is 2. The topological polar surface area (TPSA) is 177 Å². The second kappa shape index (κ2) is 16.2. The van der Waals surface area contributed by atoms with Gasteiger partial charge in [0.25, 0.3) is 5.56 Å². The molecule has 2 fully saturated rings. The quantitative estimate of drug-likeness (QED) is 0.0864. The molecule has 0 saturated carbocycles. The Morgan fingerprint density at radius 3 is 2.52 bits per heavy atom. The number of imide groups is 1. The Kier molecular flexibility index (Phi) is 10.7. The number of carbonyl (C=O) groups is 2. The van der Waals surface area contributed by atoms with Gasteiger partial charge in [-0.3, -0.25) is 33.7 Å². The van der Waals surface area contributed by atoms with Crippen LogP contribution in [-0.2, 0) is 41.6 Å². The van der Waals surface area contributed by atoms with E-state index < -0.39 is 17.6 Å². The highest BCUT2D eigenvalue weighted by Crippen LogP contribution is 2.38. The van der Waals surface area contributed by atoms with Gasteiger partial charge in [-0.15, -0.1) is 6.58 Å². The first-order chi connectivity index (χ1) is 29.5. The fraction of sp³-hybridized carbons (Fsp3) is 0.400. The van der Waals surface area contributed by atoms with Crippen LogP contribution >= 0.6 is 0 Å². The normalized spacial score (nSPS) is 19.5. The number of nitrogens with zero attached hydrogens (tertiary/aromatic N) is 9. The number of unbranched alkanes of at least 4 members (excludes halogenated alkanes) is 1. The molecule has 61 heavy (non-hydrogen) atoms. The number of fused-ring (bicyclic) bond motifs is 3. The summed E-state index contributed by atoms with van der Waals surface area (Å²) in [5.41, 5.74) is 5.21. The van der Waals surface area contributed by atoms with Crippen LogP contribution in [0.15, 0.2) is 83.0 Å². The molecule has 2 aromatic carbocycles. The highest BCUT2D eigenvalue weighted by atomic mass is 16.3. The Morgan fingerprint density at radius 1 is 0.967 bits per heavy atom. The van der Waals surface area contributed by atoms with Gasteiger partial charge < -0.3 is 15.3 Å². The van der Waals surface area contributed by atoms with E-state index in [2.05, 4.69) is 44.1 Å². The van der Waals surface area contributed by atoms with Crippen LogP contribution in [0, 0.1) is 0 Å². The maximum absolute atomic E-state index is 13.5. The summed E-state index contributed by atoms with van der Waals surface area (Å²) in [6.45, 7) is 10.9. The van der Waals surface area contributed by atoms with Crippen molar-refractivity contribution in [1.82, 2.24) is 43.7 Å². The third-order valence-corrected chi connectivity index (χ3v) is 12.7. The predicted molar refractivity (Wildman–Crippen MR) is 234 cm³/mol. The molecule has 0 spiro atoms. The molecular weight excluding hydrogens is 775 g/mol. The Labute approximate surface area is 352 Å². The first-order valence-electron chi connectivity index (χ1n) is 21.3. The molecule has 2 aliphatic heterocycles. The molecule has 9 rings (SSSR count). The number of aliphatic hydroxyl groups is 1. The molecule has 2 atom stereocenters. The first kappa shape index (κ1) is 40.0. The van der Waals surface area contributed by atoms with Gasteiger partial charge in [-0.25, -0.2) is 24.1 Å². The Balaban J connectivity index is 0.798. The van der Waals surface area contributed by atoms with Crippen molar-refractivity contribution in [3.63, 3.8) is 0 Å². The summed E-state index contributed by atoms with van der Waals surface area (Å²) in [6.07, 6.45) is 8.64. The second-order valence-electron chi connectivity index (χ2n) is 16.4. The van der Waals surface area contributed by atoms with Gasteiger partial charge in [-0.1, -0.05) is 25.1 Å². The van der Waals surface area contributed by atoms with Crippen LogP contribution in [0.5, 0.6) is 0 Å². The van der Waals surface area contributed by atoms with E-state index in [9.17, 15) is 24.3 Å². The van der Waals surface area contributed by atoms with E-state index in [1.165, 1.54) is 4.57 Å². The van der Waals surface area contributed by atoms with E-state index in [1.807, 2.05) is 49.4 Å². The number of nitrogens with one attached hydrogen (secondary N) is 2. The maximum atomic E-state index is 13.5. The summed E-state index contributed by atoms with van der Waals surface area (Å²) in [4.78, 5) is 70.0. The van der Waals surface area contributed by atoms with E-state index in [-0.39, 0.29) is 30.1 Å². The van der Waals surface area contributed by atoms with Gasteiger partial charge in [0.2, 0.25) is 17.8 Å². The van der Waals surface area contributed by atoms with Crippen molar-refractivity contribution in [3.8, 4) is 5.82 Å². The van der Waals surface area contributed by atoms with Crippen molar-refractivity contribution >= 4 is 51.2 Å². The largest absolute Gasteiger partial charge is 0.384 e. The molecule has 16 nitrogen and oxygen atoms in total. The highest BCUT2D eigenvalue weighted by Gasteiger charge is 2.37. The lowest BCUT2D eigenvalue weighted by Crippen LogP contribution is -2.46. The minimum atomic E-state index is -0.997. The number of aryl methyl sites for hydroxylation is 3. The first-order valence-corrected chi connectivity index (χ1v) is 21.3. The molecule has 316 valence electrons.